The highest BCUT2D eigenvalue weighted by molar-refractivity contribution is 4.70. The third-order valence-corrected chi connectivity index (χ3v) is 3.11. The Morgan fingerprint density at radius 3 is 1.85 bits per heavy atom. The molecule has 2 atom stereocenters. The fourth-order valence-electron chi connectivity index (χ4n) is 2.28. The van der Waals surface area contributed by atoms with Gasteiger partial charge < -0.3 is 9.47 Å². The third kappa shape index (κ3) is 2.96. The lowest BCUT2D eigenvalue weighted by Gasteiger charge is -2.23. The minimum absolute atomic E-state index is 0.540. The predicted octanol–water partition coefficient (Wildman–Crippen LogP) is 2.51. The van der Waals surface area contributed by atoms with E-state index in [4.69, 9.17) is 9.47 Å². The van der Waals surface area contributed by atoms with E-state index in [-0.39, 0.29) is 0 Å². The summed E-state index contributed by atoms with van der Waals surface area (Å²) in [4.78, 5) is 0. The van der Waals surface area contributed by atoms with Crippen LogP contribution in [0.4, 0.5) is 0 Å². The monoisotopic (exact) mass is 184 g/mol. The van der Waals surface area contributed by atoms with E-state index in [2.05, 4.69) is 0 Å². The van der Waals surface area contributed by atoms with Crippen molar-refractivity contribution >= 4 is 0 Å². The van der Waals surface area contributed by atoms with Crippen molar-refractivity contribution in [3.05, 3.63) is 0 Å². The van der Waals surface area contributed by atoms with Crippen molar-refractivity contribution in [2.45, 2.75) is 57.2 Å². The summed E-state index contributed by atoms with van der Waals surface area (Å²) in [5.74, 6) is 0. The van der Waals surface area contributed by atoms with Crippen LogP contribution in [0.3, 0.4) is 0 Å². The molecule has 0 saturated carbocycles. The summed E-state index contributed by atoms with van der Waals surface area (Å²) in [6.07, 6.45) is 9.93. The molecule has 2 fully saturated rings. The Kier molecular flexibility index (Phi) is 3.62. The van der Waals surface area contributed by atoms with E-state index in [0.717, 1.165) is 13.2 Å². The fourth-order valence-corrected chi connectivity index (χ4v) is 2.28. The Bertz CT molecular complexity index is 135. The van der Waals surface area contributed by atoms with E-state index in [1.54, 1.807) is 0 Å². The maximum Gasteiger partial charge on any atom is 0.0577 e. The molecule has 2 saturated heterocycles. The van der Waals surface area contributed by atoms with Crippen molar-refractivity contribution in [3.8, 4) is 0 Å². The van der Waals surface area contributed by atoms with Crippen molar-refractivity contribution < 1.29 is 9.47 Å². The maximum absolute atomic E-state index is 5.68. The SMILES string of the molecule is C1CCC(CCC2CCCO2)OC1. The Labute approximate surface area is 80.6 Å². The second-order valence-corrected chi connectivity index (χ2v) is 4.20. The second kappa shape index (κ2) is 4.97. The molecule has 0 radical (unpaired) electrons. The topological polar surface area (TPSA) is 18.5 Å². The van der Waals surface area contributed by atoms with Crippen molar-refractivity contribution in [1.29, 1.82) is 0 Å². The van der Waals surface area contributed by atoms with Gasteiger partial charge in [0.15, 0.2) is 0 Å². The molecule has 76 valence electrons. The molecule has 2 aliphatic heterocycles. The average Bonchev–Trinajstić information content (AvgIpc) is 2.69. The van der Waals surface area contributed by atoms with Gasteiger partial charge in [-0.3, -0.25) is 0 Å². The number of hydrogen-bond acceptors (Lipinski definition) is 2. The molecule has 2 nitrogen and oxygen atoms in total. The highest BCUT2D eigenvalue weighted by Crippen LogP contribution is 2.22. The summed E-state index contributed by atoms with van der Waals surface area (Å²) in [6, 6.07) is 0. The van der Waals surface area contributed by atoms with Crippen molar-refractivity contribution in [1.82, 2.24) is 0 Å². The zero-order valence-electron chi connectivity index (χ0n) is 8.34. The summed E-state index contributed by atoms with van der Waals surface area (Å²) in [6.45, 7) is 1.96. The van der Waals surface area contributed by atoms with E-state index in [9.17, 15) is 0 Å². The van der Waals surface area contributed by atoms with Crippen LogP contribution in [0.25, 0.3) is 0 Å². The molecule has 2 unspecified atom stereocenters. The van der Waals surface area contributed by atoms with Crippen LogP contribution in [0.1, 0.15) is 44.9 Å². The molecular weight excluding hydrogens is 164 g/mol. The maximum atomic E-state index is 5.68. The highest BCUT2D eigenvalue weighted by Gasteiger charge is 2.19. The van der Waals surface area contributed by atoms with Gasteiger partial charge in [-0.2, -0.15) is 0 Å². The summed E-state index contributed by atoms with van der Waals surface area (Å²) in [7, 11) is 0. The van der Waals surface area contributed by atoms with Gasteiger partial charge in [-0.15, -0.1) is 0 Å². The number of rotatable bonds is 3. The summed E-state index contributed by atoms with van der Waals surface area (Å²) < 4.78 is 11.3. The summed E-state index contributed by atoms with van der Waals surface area (Å²) in [5, 5.41) is 0. The predicted molar refractivity (Wildman–Crippen MR) is 51.8 cm³/mol. The quantitative estimate of drug-likeness (QED) is 0.671. The third-order valence-electron chi connectivity index (χ3n) is 3.11. The van der Waals surface area contributed by atoms with Crippen LogP contribution in [0.2, 0.25) is 0 Å². The molecule has 2 heterocycles. The standard InChI is InChI=1S/C11H20O2/c1-2-8-12-10(4-1)6-7-11-5-3-9-13-11/h10-11H,1-9H2. The Morgan fingerprint density at radius 2 is 1.38 bits per heavy atom. The zero-order chi connectivity index (χ0) is 8.93. The van der Waals surface area contributed by atoms with Crippen molar-refractivity contribution in [3.63, 3.8) is 0 Å². The van der Waals surface area contributed by atoms with Crippen molar-refractivity contribution in [2.24, 2.45) is 0 Å². The van der Waals surface area contributed by atoms with Gasteiger partial charge in [0.25, 0.3) is 0 Å². The first-order valence-electron chi connectivity index (χ1n) is 5.68. The van der Waals surface area contributed by atoms with E-state index in [0.29, 0.717) is 12.2 Å². The first-order valence-corrected chi connectivity index (χ1v) is 5.68. The molecule has 0 aromatic carbocycles. The van der Waals surface area contributed by atoms with Crippen LogP contribution in [-0.4, -0.2) is 25.4 Å². The minimum atomic E-state index is 0.540. The zero-order valence-corrected chi connectivity index (χ0v) is 8.34. The molecule has 0 N–H and O–H groups in total. The van der Waals surface area contributed by atoms with Gasteiger partial charge in [0.1, 0.15) is 0 Å². The molecular formula is C11H20O2. The molecule has 2 rings (SSSR count). The summed E-state index contributed by atoms with van der Waals surface area (Å²) in [5.41, 5.74) is 0. The molecule has 0 aromatic heterocycles. The second-order valence-electron chi connectivity index (χ2n) is 4.20. The first kappa shape index (κ1) is 9.47. The normalized spacial score (nSPS) is 35.1. The molecule has 2 aliphatic rings. The van der Waals surface area contributed by atoms with E-state index >= 15 is 0 Å². The smallest absolute Gasteiger partial charge is 0.0577 e. The van der Waals surface area contributed by atoms with Crippen molar-refractivity contribution in [2.75, 3.05) is 13.2 Å². The van der Waals surface area contributed by atoms with Crippen LogP contribution in [0, 0.1) is 0 Å². The van der Waals surface area contributed by atoms with Crippen LogP contribution in [0.15, 0.2) is 0 Å². The molecule has 0 spiro atoms. The Morgan fingerprint density at radius 1 is 0.769 bits per heavy atom. The van der Waals surface area contributed by atoms with Gasteiger partial charge in [-0.05, 0) is 44.9 Å². The van der Waals surface area contributed by atoms with Gasteiger partial charge >= 0.3 is 0 Å². The average molecular weight is 184 g/mol. The molecule has 0 aromatic rings. The lowest BCUT2D eigenvalue weighted by Crippen LogP contribution is -2.20. The molecule has 0 aliphatic carbocycles. The summed E-state index contributed by atoms with van der Waals surface area (Å²) >= 11 is 0. The van der Waals surface area contributed by atoms with E-state index < -0.39 is 0 Å². The molecule has 13 heavy (non-hydrogen) atoms. The lowest BCUT2D eigenvalue weighted by molar-refractivity contribution is -0.000344. The van der Waals surface area contributed by atoms with Gasteiger partial charge in [0.2, 0.25) is 0 Å². The van der Waals surface area contributed by atoms with Crippen LogP contribution in [0.5, 0.6) is 0 Å². The fraction of sp³-hybridized carbons (Fsp3) is 1.00. The number of ether oxygens (including phenoxy) is 2. The lowest BCUT2D eigenvalue weighted by atomic mass is 10.0. The molecule has 0 amide bonds. The van der Waals surface area contributed by atoms with E-state index in [1.165, 1.54) is 44.9 Å². The Balaban J connectivity index is 1.60. The van der Waals surface area contributed by atoms with Gasteiger partial charge in [-0.25, -0.2) is 0 Å². The van der Waals surface area contributed by atoms with Crippen LogP contribution < -0.4 is 0 Å². The number of hydrogen-bond donors (Lipinski definition) is 0. The van der Waals surface area contributed by atoms with Gasteiger partial charge in [0.05, 0.1) is 12.2 Å². The van der Waals surface area contributed by atoms with E-state index in [1.807, 2.05) is 0 Å². The largest absolute Gasteiger partial charge is 0.378 e. The van der Waals surface area contributed by atoms with Crippen LogP contribution >= 0.6 is 0 Å². The molecule has 2 heteroatoms. The molecule has 0 bridgehead atoms. The van der Waals surface area contributed by atoms with Gasteiger partial charge in [0, 0.05) is 13.2 Å². The van der Waals surface area contributed by atoms with Gasteiger partial charge in [-0.1, -0.05) is 0 Å². The van der Waals surface area contributed by atoms with Crippen LogP contribution in [-0.2, 0) is 9.47 Å². The Hall–Kier alpha value is -0.0800. The first-order chi connectivity index (χ1) is 6.45. The highest BCUT2D eigenvalue weighted by atomic mass is 16.5. The minimum Gasteiger partial charge on any atom is -0.378 e.